The molecule has 8 heteroatoms. The van der Waals surface area contributed by atoms with E-state index < -0.39 is 0 Å². The van der Waals surface area contributed by atoms with E-state index in [1.54, 1.807) is 11.3 Å². The maximum atomic E-state index is 4.62. The molecule has 0 aliphatic heterocycles. The molecule has 0 unspecified atom stereocenters. The first-order valence-corrected chi connectivity index (χ1v) is 9.22. The highest BCUT2D eigenvalue weighted by Crippen LogP contribution is 2.16. The van der Waals surface area contributed by atoms with E-state index in [4.69, 9.17) is 0 Å². The number of pyridine rings is 1. The van der Waals surface area contributed by atoms with Crippen molar-refractivity contribution >= 4 is 22.9 Å². The number of aryl methyl sites for hydroxylation is 2. The number of nitrogens with zero attached hydrogens (tertiary/aromatic N) is 5. The molecule has 0 saturated heterocycles. The molecule has 0 aliphatic carbocycles. The number of aliphatic imine (C=N–C) groups is 1. The molecule has 3 rings (SSSR count). The van der Waals surface area contributed by atoms with Crippen LogP contribution in [0.25, 0.3) is 5.65 Å². The first kappa shape index (κ1) is 17.3. The fraction of sp³-hybridized carbons (Fsp3) is 0.412. The van der Waals surface area contributed by atoms with Crippen LogP contribution in [0.2, 0.25) is 0 Å². The molecule has 0 aliphatic rings. The SMILES string of the molecule is CCNC(=NCc1nc(C)c(C)s1)NCCc1nnc2ccccn12. The quantitative estimate of drug-likeness (QED) is 0.522. The summed E-state index contributed by atoms with van der Waals surface area (Å²) >= 11 is 1.70. The Hall–Kier alpha value is -2.48. The second-order valence-electron chi connectivity index (χ2n) is 5.67. The fourth-order valence-corrected chi connectivity index (χ4v) is 3.31. The van der Waals surface area contributed by atoms with Crippen molar-refractivity contribution in [2.24, 2.45) is 4.99 Å². The Balaban J connectivity index is 1.59. The highest BCUT2D eigenvalue weighted by molar-refractivity contribution is 7.11. The molecule has 7 nitrogen and oxygen atoms in total. The minimum atomic E-state index is 0.586. The monoisotopic (exact) mass is 357 g/mol. The summed E-state index contributed by atoms with van der Waals surface area (Å²) in [5.74, 6) is 1.73. The summed E-state index contributed by atoms with van der Waals surface area (Å²) in [4.78, 5) is 10.4. The molecule has 3 aromatic heterocycles. The van der Waals surface area contributed by atoms with Crippen molar-refractivity contribution in [2.45, 2.75) is 33.7 Å². The number of guanidine groups is 1. The van der Waals surface area contributed by atoms with Crippen LogP contribution < -0.4 is 10.6 Å². The van der Waals surface area contributed by atoms with Gasteiger partial charge in [0.25, 0.3) is 0 Å². The molecule has 0 saturated carbocycles. The number of fused-ring (bicyclic) bond motifs is 1. The van der Waals surface area contributed by atoms with E-state index >= 15 is 0 Å². The Bertz CT molecular complexity index is 845. The Labute approximate surface area is 151 Å². The number of hydrogen-bond acceptors (Lipinski definition) is 5. The minimum absolute atomic E-state index is 0.586. The van der Waals surface area contributed by atoms with Crippen molar-refractivity contribution in [3.8, 4) is 0 Å². The predicted octanol–water partition coefficient (Wildman–Crippen LogP) is 2.10. The third kappa shape index (κ3) is 4.33. The summed E-state index contributed by atoms with van der Waals surface area (Å²) in [5.41, 5.74) is 1.96. The number of nitrogens with one attached hydrogen (secondary N) is 2. The van der Waals surface area contributed by atoms with Crippen molar-refractivity contribution in [2.75, 3.05) is 13.1 Å². The maximum Gasteiger partial charge on any atom is 0.191 e. The van der Waals surface area contributed by atoms with Crippen LogP contribution in [0.1, 0.15) is 28.3 Å². The lowest BCUT2D eigenvalue weighted by Crippen LogP contribution is -2.38. The molecular formula is C17H23N7S. The Morgan fingerprint density at radius 1 is 1.24 bits per heavy atom. The first-order valence-electron chi connectivity index (χ1n) is 8.41. The van der Waals surface area contributed by atoms with E-state index in [2.05, 4.69) is 44.7 Å². The second-order valence-corrected chi connectivity index (χ2v) is 6.95. The molecule has 2 N–H and O–H groups in total. The average Bonchev–Trinajstić information content (AvgIpc) is 3.16. The Morgan fingerprint density at radius 3 is 2.88 bits per heavy atom. The van der Waals surface area contributed by atoms with Gasteiger partial charge in [0.15, 0.2) is 11.6 Å². The third-order valence-corrected chi connectivity index (χ3v) is 4.87. The maximum absolute atomic E-state index is 4.62. The lowest BCUT2D eigenvalue weighted by atomic mass is 10.4. The molecule has 0 spiro atoms. The second kappa shape index (κ2) is 8.06. The van der Waals surface area contributed by atoms with Crippen LogP contribution >= 0.6 is 11.3 Å². The Morgan fingerprint density at radius 2 is 2.12 bits per heavy atom. The topological polar surface area (TPSA) is 79.5 Å². The van der Waals surface area contributed by atoms with Crippen LogP contribution in [0.3, 0.4) is 0 Å². The van der Waals surface area contributed by atoms with Gasteiger partial charge < -0.3 is 10.6 Å². The summed E-state index contributed by atoms with van der Waals surface area (Å²) in [6.07, 6.45) is 2.75. The zero-order valence-corrected chi connectivity index (χ0v) is 15.6. The number of hydrogen-bond donors (Lipinski definition) is 2. The van der Waals surface area contributed by atoms with Gasteiger partial charge >= 0.3 is 0 Å². The summed E-state index contributed by atoms with van der Waals surface area (Å²) in [5, 5.41) is 16.1. The molecule has 3 heterocycles. The number of thiazole rings is 1. The van der Waals surface area contributed by atoms with Crippen LogP contribution in [0.5, 0.6) is 0 Å². The molecule has 0 radical (unpaired) electrons. The van der Waals surface area contributed by atoms with E-state index in [0.29, 0.717) is 6.54 Å². The van der Waals surface area contributed by atoms with Crippen LogP contribution in [0, 0.1) is 13.8 Å². The van der Waals surface area contributed by atoms with Gasteiger partial charge in [-0.05, 0) is 32.9 Å². The van der Waals surface area contributed by atoms with E-state index in [9.17, 15) is 0 Å². The smallest absolute Gasteiger partial charge is 0.191 e. The molecule has 0 fully saturated rings. The predicted molar refractivity (Wildman–Crippen MR) is 101 cm³/mol. The van der Waals surface area contributed by atoms with Gasteiger partial charge in [-0.25, -0.2) is 9.98 Å². The first-order chi connectivity index (χ1) is 12.2. The van der Waals surface area contributed by atoms with E-state index in [1.165, 1.54) is 4.88 Å². The molecule has 3 aromatic rings. The molecule has 132 valence electrons. The van der Waals surface area contributed by atoms with Gasteiger partial charge in [-0.1, -0.05) is 6.07 Å². The van der Waals surface area contributed by atoms with Gasteiger partial charge in [0.2, 0.25) is 0 Å². The van der Waals surface area contributed by atoms with E-state index in [0.717, 1.165) is 47.6 Å². The van der Waals surface area contributed by atoms with Crippen molar-refractivity contribution in [3.05, 3.63) is 45.8 Å². The normalized spacial score (nSPS) is 11.9. The standard InChI is InChI=1S/C17H23N7S/c1-4-18-17(20-11-16-21-12(2)13(3)25-16)19-9-8-15-23-22-14-7-5-6-10-24(14)15/h5-7,10H,4,8-9,11H2,1-3H3,(H2,18,19,20). The average molecular weight is 357 g/mol. The highest BCUT2D eigenvalue weighted by Gasteiger charge is 2.06. The van der Waals surface area contributed by atoms with Crippen LogP contribution in [0.15, 0.2) is 29.4 Å². The van der Waals surface area contributed by atoms with Gasteiger partial charge in [0, 0.05) is 30.6 Å². The zero-order valence-electron chi connectivity index (χ0n) is 14.8. The lowest BCUT2D eigenvalue weighted by molar-refractivity contribution is 0.762. The number of rotatable bonds is 6. The molecule has 0 atom stereocenters. The van der Waals surface area contributed by atoms with Crippen molar-refractivity contribution in [3.63, 3.8) is 0 Å². The van der Waals surface area contributed by atoms with Crippen LogP contribution in [-0.2, 0) is 13.0 Å². The van der Waals surface area contributed by atoms with Gasteiger partial charge in [-0.2, -0.15) is 0 Å². The summed E-state index contributed by atoms with van der Waals surface area (Å²) in [6, 6.07) is 5.90. The van der Waals surface area contributed by atoms with Gasteiger partial charge in [-0.3, -0.25) is 4.40 Å². The molecule has 0 bridgehead atoms. The minimum Gasteiger partial charge on any atom is -0.357 e. The van der Waals surface area contributed by atoms with Gasteiger partial charge in [0.1, 0.15) is 10.8 Å². The molecule has 0 aromatic carbocycles. The third-order valence-electron chi connectivity index (χ3n) is 3.81. The van der Waals surface area contributed by atoms with Crippen LogP contribution in [0.4, 0.5) is 0 Å². The van der Waals surface area contributed by atoms with Crippen molar-refractivity contribution in [1.29, 1.82) is 0 Å². The van der Waals surface area contributed by atoms with E-state index in [1.807, 2.05) is 35.7 Å². The van der Waals surface area contributed by atoms with Gasteiger partial charge in [0.05, 0.1) is 12.2 Å². The number of aromatic nitrogens is 4. The molecule has 0 amide bonds. The van der Waals surface area contributed by atoms with Crippen LogP contribution in [-0.4, -0.2) is 38.6 Å². The van der Waals surface area contributed by atoms with Gasteiger partial charge in [-0.15, -0.1) is 21.5 Å². The molecular weight excluding hydrogens is 334 g/mol. The summed E-state index contributed by atoms with van der Waals surface area (Å²) < 4.78 is 2.01. The highest BCUT2D eigenvalue weighted by atomic mass is 32.1. The van der Waals surface area contributed by atoms with Crippen molar-refractivity contribution < 1.29 is 0 Å². The summed E-state index contributed by atoms with van der Waals surface area (Å²) in [7, 11) is 0. The molecule has 25 heavy (non-hydrogen) atoms. The van der Waals surface area contributed by atoms with Crippen molar-refractivity contribution in [1.82, 2.24) is 30.2 Å². The fourth-order valence-electron chi connectivity index (χ4n) is 2.45. The Kier molecular flexibility index (Phi) is 5.60. The lowest BCUT2D eigenvalue weighted by Gasteiger charge is -2.10. The van der Waals surface area contributed by atoms with E-state index in [-0.39, 0.29) is 0 Å². The summed E-state index contributed by atoms with van der Waals surface area (Å²) in [6.45, 7) is 8.31. The zero-order chi connectivity index (χ0) is 17.6. The largest absolute Gasteiger partial charge is 0.357 e.